The molecule has 0 aliphatic heterocycles. The Morgan fingerprint density at radius 1 is 1.14 bits per heavy atom. The smallest absolute Gasteiger partial charge is 0.0669 e. The minimum Gasteiger partial charge on any atom is -0.310 e. The molecule has 1 aromatic rings. The lowest BCUT2D eigenvalue weighted by atomic mass is 9.87. The Bertz CT molecular complexity index is 440. The third-order valence-corrected chi connectivity index (χ3v) is 4.89. The van der Waals surface area contributed by atoms with Crippen molar-refractivity contribution in [1.82, 2.24) is 15.1 Å². The molecule has 0 bridgehead atoms. The lowest BCUT2D eigenvalue weighted by molar-refractivity contribution is 0.268. The van der Waals surface area contributed by atoms with Crippen molar-refractivity contribution in [3.8, 4) is 0 Å². The maximum Gasteiger partial charge on any atom is 0.0669 e. The zero-order chi connectivity index (χ0) is 15.4. The van der Waals surface area contributed by atoms with E-state index in [1.807, 2.05) is 0 Å². The van der Waals surface area contributed by atoms with Crippen molar-refractivity contribution in [3.63, 3.8) is 0 Å². The summed E-state index contributed by atoms with van der Waals surface area (Å²) in [5.74, 6) is 0.898. The van der Waals surface area contributed by atoms with Gasteiger partial charge in [-0.2, -0.15) is 5.10 Å². The molecule has 0 spiro atoms. The minimum absolute atomic E-state index is 0.526. The lowest BCUT2D eigenvalue weighted by Gasteiger charge is -2.27. The van der Waals surface area contributed by atoms with E-state index >= 15 is 0 Å². The molecule has 21 heavy (non-hydrogen) atoms. The van der Waals surface area contributed by atoms with Crippen molar-refractivity contribution < 1.29 is 0 Å². The molecule has 0 amide bonds. The number of hydrogen-bond acceptors (Lipinski definition) is 2. The van der Waals surface area contributed by atoms with Crippen LogP contribution in [-0.2, 0) is 19.4 Å². The van der Waals surface area contributed by atoms with Crippen LogP contribution in [0.2, 0.25) is 0 Å². The predicted octanol–water partition coefficient (Wildman–Crippen LogP) is 4.26. The van der Waals surface area contributed by atoms with Crippen LogP contribution < -0.4 is 5.32 Å². The lowest BCUT2D eigenvalue weighted by Crippen LogP contribution is -2.23. The Balaban J connectivity index is 2.24. The number of rotatable bonds is 6. The van der Waals surface area contributed by atoms with Crippen molar-refractivity contribution in [2.45, 2.75) is 91.8 Å². The molecule has 2 rings (SSSR count). The number of hydrogen-bond donors (Lipinski definition) is 1. The van der Waals surface area contributed by atoms with Gasteiger partial charge in [0.05, 0.1) is 11.7 Å². The van der Waals surface area contributed by atoms with Gasteiger partial charge in [0.15, 0.2) is 0 Å². The summed E-state index contributed by atoms with van der Waals surface area (Å²) >= 11 is 0. The number of nitrogens with one attached hydrogen (secondary N) is 1. The Morgan fingerprint density at radius 3 is 2.33 bits per heavy atom. The second-order valence-electron chi connectivity index (χ2n) is 6.97. The van der Waals surface area contributed by atoms with E-state index in [4.69, 9.17) is 5.10 Å². The van der Waals surface area contributed by atoms with Crippen molar-refractivity contribution in [1.29, 1.82) is 0 Å². The molecule has 0 radical (unpaired) electrons. The van der Waals surface area contributed by atoms with Crippen LogP contribution in [0.15, 0.2) is 0 Å². The van der Waals surface area contributed by atoms with Crippen LogP contribution in [0, 0.1) is 5.92 Å². The first kappa shape index (κ1) is 16.5. The van der Waals surface area contributed by atoms with Crippen molar-refractivity contribution >= 4 is 0 Å². The van der Waals surface area contributed by atoms with Crippen LogP contribution >= 0.6 is 0 Å². The van der Waals surface area contributed by atoms with E-state index in [9.17, 15) is 0 Å². The highest BCUT2D eigenvalue weighted by Gasteiger charge is 2.24. The predicted molar refractivity (Wildman–Crippen MR) is 89.6 cm³/mol. The van der Waals surface area contributed by atoms with Crippen LogP contribution in [0.1, 0.15) is 83.3 Å². The fourth-order valence-corrected chi connectivity index (χ4v) is 3.51. The molecule has 0 saturated heterocycles. The Kier molecular flexibility index (Phi) is 5.86. The van der Waals surface area contributed by atoms with Gasteiger partial charge in [-0.25, -0.2) is 0 Å². The Morgan fingerprint density at radius 2 is 1.81 bits per heavy atom. The first-order chi connectivity index (χ1) is 10.1. The van der Waals surface area contributed by atoms with E-state index in [1.54, 1.807) is 0 Å². The molecule has 0 unspecified atom stereocenters. The first-order valence-electron chi connectivity index (χ1n) is 8.89. The average Bonchev–Trinajstić information content (AvgIpc) is 2.83. The first-order valence-corrected chi connectivity index (χ1v) is 8.89. The molecule has 1 fully saturated rings. The average molecular weight is 291 g/mol. The van der Waals surface area contributed by atoms with E-state index in [0.29, 0.717) is 12.1 Å². The van der Waals surface area contributed by atoms with E-state index < -0.39 is 0 Å². The van der Waals surface area contributed by atoms with Gasteiger partial charge in [0.2, 0.25) is 0 Å². The van der Waals surface area contributed by atoms with Gasteiger partial charge in [-0.05, 0) is 44.4 Å². The summed E-state index contributed by atoms with van der Waals surface area (Å²) in [6, 6.07) is 1.16. The number of aryl methyl sites for hydroxylation is 1. The summed E-state index contributed by atoms with van der Waals surface area (Å²) in [7, 11) is 0. The summed E-state index contributed by atoms with van der Waals surface area (Å²) in [5.41, 5.74) is 4.24. The van der Waals surface area contributed by atoms with Gasteiger partial charge >= 0.3 is 0 Å². The Labute approximate surface area is 130 Å². The molecular formula is C18H33N3. The topological polar surface area (TPSA) is 29.9 Å². The molecule has 1 saturated carbocycles. The van der Waals surface area contributed by atoms with Crippen molar-refractivity contribution in [3.05, 3.63) is 17.0 Å². The van der Waals surface area contributed by atoms with E-state index in [-0.39, 0.29) is 0 Å². The Hall–Kier alpha value is -0.830. The zero-order valence-corrected chi connectivity index (χ0v) is 14.6. The van der Waals surface area contributed by atoms with Crippen molar-refractivity contribution in [2.75, 3.05) is 0 Å². The highest BCUT2D eigenvalue weighted by atomic mass is 15.3. The molecule has 0 atom stereocenters. The molecule has 1 N–H and O–H groups in total. The molecule has 3 nitrogen and oxygen atoms in total. The minimum atomic E-state index is 0.526. The van der Waals surface area contributed by atoms with Crippen molar-refractivity contribution in [2.24, 2.45) is 5.92 Å². The molecule has 1 aliphatic carbocycles. The largest absolute Gasteiger partial charge is 0.310 e. The second kappa shape index (κ2) is 7.44. The number of nitrogens with zero attached hydrogens (tertiary/aromatic N) is 2. The third kappa shape index (κ3) is 3.88. The summed E-state index contributed by atoms with van der Waals surface area (Å²) in [6.45, 7) is 12.3. The molecule has 1 aliphatic rings. The summed E-state index contributed by atoms with van der Waals surface area (Å²) in [5, 5.41) is 8.58. The zero-order valence-electron chi connectivity index (χ0n) is 14.6. The van der Waals surface area contributed by atoms with Crippen LogP contribution in [0.3, 0.4) is 0 Å². The summed E-state index contributed by atoms with van der Waals surface area (Å²) in [4.78, 5) is 0. The summed E-state index contributed by atoms with van der Waals surface area (Å²) < 4.78 is 2.39. The summed E-state index contributed by atoms with van der Waals surface area (Å²) in [6.07, 6.45) is 7.45. The fourth-order valence-electron chi connectivity index (χ4n) is 3.51. The highest BCUT2D eigenvalue weighted by Crippen LogP contribution is 2.33. The monoisotopic (exact) mass is 291 g/mol. The van der Waals surface area contributed by atoms with E-state index in [0.717, 1.165) is 25.3 Å². The van der Waals surface area contributed by atoms with Crippen LogP contribution in [0.5, 0.6) is 0 Å². The molecule has 1 aromatic heterocycles. The molecule has 0 aromatic carbocycles. The van der Waals surface area contributed by atoms with Crippen LogP contribution in [0.25, 0.3) is 0 Å². The standard InChI is InChI=1S/C18H33N3/c1-6-17-16(12-19-13(3)4)18(7-2)21(20-17)15-10-8-14(5)9-11-15/h13-15,19H,6-12H2,1-5H3. The highest BCUT2D eigenvalue weighted by molar-refractivity contribution is 5.27. The number of aromatic nitrogens is 2. The third-order valence-electron chi connectivity index (χ3n) is 4.89. The van der Waals surface area contributed by atoms with Gasteiger partial charge in [0, 0.05) is 23.8 Å². The van der Waals surface area contributed by atoms with Crippen LogP contribution in [-0.4, -0.2) is 15.8 Å². The quantitative estimate of drug-likeness (QED) is 0.849. The maximum absolute atomic E-state index is 5.00. The fraction of sp³-hybridized carbons (Fsp3) is 0.833. The SMILES string of the molecule is CCc1nn(C2CCC(C)CC2)c(CC)c1CNC(C)C. The van der Waals surface area contributed by atoms with Gasteiger partial charge < -0.3 is 5.32 Å². The van der Waals surface area contributed by atoms with Gasteiger partial charge in [-0.3, -0.25) is 4.68 Å². The van der Waals surface area contributed by atoms with Gasteiger partial charge in [0.25, 0.3) is 0 Å². The van der Waals surface area contributed by atoms with E-state index in [1.165, 1.54) is 42.6 Å². The molecule has 120 valence electrons. The van der Waals surface area contributed by atoms with Crippen LogP contribution in [0.4, 0.5) is 0 Å². The van der Waals surface area contributed by atoms with Gasteiger partial charge in [-0.15, -0.1) is 0 Å². The van der Waals surface area contributed by atoms with E-state index in [2.05, 4.69) is 44.6 Å². The molecule has 1 heterocycles. The molecular weight excluding hydrogens is 258 g/mol. The maximum atomic E-state index is 5.00. The second-order valence-corrected chi connectivity index (χ2v) is 6.97. The van der Waals surface area contributed by atoms with Gasteiger partial charge in [0.1, 0.15) is 0 Å². The normalized spacial score (nSPS) is 23.0. The molecule has 3 heteroatoms. The van der Waals surface area contributed by atoms with Gasteiger partial charge in [-0.1, -0.05) is 34.6 Å².